The van der Waals surface area contributed by atoms with Gasteiger partial charge >= 0.3 is 0 Å². The summed E-state index contributed by atoms with van der Waals surface area (Å²) in [6.07, 6.45) is 1.83. The van der Waals surface area contributed by atoms with E-state index in [4.69, 9.17) is 5.73 Å². The fraction of sp³-hybridized carbons (Fsp3) is 0.538. The molecule has 1 fully saturated rings. The molecule has 0 aromatic heterocycles. The van der Waals surface area contributed by atoms with E-state index in [0.29, 0.717) is 11.6 Å². The molecular formula is C13H20N2O2S. The number of hydrogen-bond donors (Lipinski definition) is 2. The van der Waals surface area contributed by atoms with Gasteiger partial charge in [-0.1, -0.05) is 6.92 Å². The molecule has 3 N–H and O–H groups in total. The summed E-state index contributed by atoms with van der Waals surface area (Å²) >= 11 is 0. The maximum Gasteiger partial charge on any atom is 0.240 e. The molecule has 0 aliphatic heterocycles. The Kier molecular flexibility index (Phi) is 3.38. The van der Waals surface area contributed by atoms with E-state index in [1.807, 2.05) is 13.8 Å². The molecule has 1 aromatic carbocycles. The highest BCUT2D eigenvalue weighted by Crippen LogP contribution is 2.28. The Labute approximate surface area is 109 Å². The molecule has 1 aliphatic carbocycles. The molecule has 0 radical (unpaired) electrons. The molecular weight excluding hydrogens is 248 g/mol. The molecule has 0 saturated heterocycles. The van der Waals surface area contributed by atoms with Gasteiger partial charge in [-0.3, -0.25) is 0 Å². The predicted molar refractivity (Wildman–Crippen MR) is 72.8 cm³/mol. The van der Waals surface area contributed by atoms with Crippen molar-refractivity contribution < 1.29 is 8.42 Å². The number of anilines is 1. The molecule has 1 aliphatic rings. The van der Waals surface area contributed by atoms with Gasteiger partial charge in [0.1, 0.15) is 0 Å². The summed E-state index contributed by atoms with van der Waals surface area (Å²) in [6.45, 7) is 5.89. The molecule has 100 valence electrons. The number of rotatable bonds is 3. The van der Waals surface area contributed by atoms with Crippen molar-refractivity contribution in [3.63, 3.8) is 0 Å². The Morgan fingerprint density at radius 2 is 1.89 bits per heavy atom. The molecule has 1 saturated carbocycles. The Hall–Kier alpha value is -1.07. The lowest BCUT2D eigenvalue weighted by Gasteiger charge is -2.33. The average molecular weight is 268 g/mol. The van der Waals surface area contributed by atoms with Gasteiger partial charge in [0.2, 0.25) is 10.0 Å². The Balaban J connectivity index is 2.24. The first-order valence-corrected chi connectivity index (χ1v) is 7.67. The smallest absolute Gasteiger partial charge is 0.240 e. The molecule has 0 heterocycles. The molecule has 5 heteroatoms. The summed E-state index contributed by atoms with van der Waals surface area (Å²) in [5, 5.41) is 0. The minimum Gasteiger partial charge on any atom is -0.398 e. The monoisotopic (exact) mass is 268 g/mol. The van der Waals surface area contributed by atoms with E-state index < -0.39 is 10.0 Å². The maximum atomic E-state index is 12.2. The average Bonchev–Trinajstić information content (AvgIpc) is 2.22. The van der Waals surface area contributed by atoms with Gasteiger partial charge in [0, 0.05) is 11.7 Å². The van der Waals surface area contributed by atoms with Gasteiger partial charge < -0.3 is 5.73 Å². The van der Waals surface area contributed by atoms with Crippen LogP contribution in [0.2, 0.25) is 0 Å². The number of nitrogens with one attached hydrogen (secondary N) is 1. The van der Waals surface area contributed by atoms with Crippen molar-refractivity contribution in [3.8, 4) is 0 Å². The van der Waals surface area contributed by atoms with Crippen LogP contribution in [-0.2, 0) is 10.0 Å². The van der Waals surface area contributed by atoms with Gasteiger partial charge in [0.05, 0.1) is 4.90 Å². The summed E-state index contributed by atoms with van der Waals surface area (Å²) in [5.41, 5.74) is 8.19. The third kappa shape index (κ3) is 2.52. The van der Waals surface area contributed by atoms with Crippen molar-refractivity contribution in [2.75, 3.05) is 5.73 Å². The van der Waals surface area contributed by atoms with Crippen molar-refractivity contribution in [1.29, 1.82) is 0 Å². The summed E-state index contributed by atoms with van der Waals surface area (Å²) in [5.74, 6) is 0.613. The lowest BCUT2D eigenvalue weighted by atomic mass is 9.83. The zero-order valence-electron chi connectivity index (χ0n) is 11.0. The van der Waals surface area contributed by atoms with Crippen LogP contribution in [0.3, 0.4) is 0 Å². The number of benzene rings is 1. The number of hydrogen-bond acceptors (Lipinski definition) is 3. The molecule has 18 heavy (non-hydrogen) atoms. The van der Waals surface area contributed by atoms with Crippen molar-refractivity contribution in [2.24, 2.45) is 5.92 Å². The second kappa shape index (κ2) is 4.55. The standard InChI is InChI=1S/C13H20N2O2S/c1-8-4-11(5-8)15-18(16,17)12-6-9(2)10(3)13(14)7-12/h6-8,11,15H,4-5,14H2,1-3H3. The molecule has 0 bridgehead atoms. The van der Waals surface area contributed by atoms with Crippen LogP contribution in [0.1, 0.15) is 30.9 Å². The van der Waals surface area contributed by atoms with Crippen molar-refractivity contribution >= 4 is 15.7 Å². The van der Waals surface area contributed by atoms with Gasteiger partial charge in [-0.2, -0.15) is 0 Å². The zero-order valence-corrected chi connectivity index (χ0v) is 11.8. The number of sulfonamides is 1. The third-order valence-corrected chi connectivity index (χ3v) is 5.19. The molecule has 2 rings (SSSR count). The maximum absolute atomic E-state index is 12.2. The number of nitrogens with two attached hydrogens (primary N) is 1. The minimum absolute atomic E-state index is 0.0767. The Morgan fingerprint density at radius 1 is 1.28 bits per heavy atom. The highest BCUT2D eigenvalue weighted by molar-refractivity contribution is 7.89. The van der Waals surface area contributed by atoms with Gasteiger partial charge in [0.15, 0.2) is 0 Å². The number of aryl methyl sites for hydroxylation is 1. The highest BCUT2D eigenvalue weighted by Gasteiger charge is 2.30. The fourth-order valence-electron chi connectivity index (χ4n) is 2.29. The Morgan fingerprint density at radius 3 is 2.39 bits per heavy atom. The van der Waals surface area contributed by atoms with Crippen LogP contribution in [0.4, 0.5) is 5.69 Å². The first-order chi connectivity index (χ1) is 8.29. The first kappa shape index (κ1) is 13.4. The second-order valence-corrected chi connectivity index (χ2v) is 7.06. The van der Waals surface area contributed by atoms with E-state index in [2.05, 4.69) is 11.6 Å². The largest absolute Gasteiger partial charge is 0.398 e. The number of nitrogen functional groups attached to an aromatic ring is 1. The fourth-order valence-corrected chi connectivity index (χ4v) is 3.68. The van der Waals surface area contributed by atoms with E-state index in [1.54, 1.807) is 6.07 Å². The van der Waals surface area contributed by atoms with Crippen molar-refractivity contribution in [1.82, 2.24) is 4.72 Å². The van der Waals surface area contributed by atoms with Crippen LogP contribution in [0.5, 0.6) is 0 Å². The van der Waals surface area contributed by atoms with Crippen molar-refractivity contribution in [3.05, 3.63) is 23.3 Å². The molecule has 0 unspecified atom stereocenters. The van der Waals surface area contributed by atoms with E-state index in [9.17, 15) is 8.42 Å². The summed E-state index contributed by atoms with van der Waals surface area (Å²) < 4.78 is 27.1. The van der Waals surface area contributed by atoms with E-state index in [0.717, 1.165) is 24.0 Å². The summed E-state index contributed by atoms with van der Waals surface area (Å²) in [6, 6.07) is 3.29. The molecule has 0 amide bonds. The quantitative estimate of drug-likeness (QED) is 0.823. The van der Waals surface area contributed by atoms with Gasteiger partial charge in [-0.25, -0.2) is 13.1 Å². The SMILES string of the molecule is Cc1cc(S(=O)(=O)NC2CC(C)C2)cc(N)c1C. The van der Waals surface area contributed by atoms with E-state index in [-0.39, 0.29) is 10.9 Å². The van der Waals surface area contributed by atoms with Crippen LogP contribution in [0, 0.1) is 19.8 Å². The highest BCUT2D eigenvalue weighted by atomic mass is 32.2. The zero-order chi connectivity index (χ0) is 13.5. The topological polar surface area (TPSA) is 72.2 Å². The van der Waals surface area contributed by atoms with E-state index >= 15 is 0 Å². The summed E-state index contributed by atoms with van der Waals surface area (Å²) in [4.78, 5) is 0.266. The van der Waals surface area contributed by atoms with Crippen molar-refractivity contribution in [2.45, 2.75) is 44.6 Å². The van der Waals surface area contributed by atoms with E-state index in [1.165, 1.54) is 6.07 Å². The van der Waals surface area contributed by atoms with Crippen LogP contribution < -0.4 is 10.5 Å². The minimum atomic E-state index is -3.44. The van der Waals surface area contributed by atoms with Gasteiger partial charge in [0.25, 0.3) is 0 Å². The van der Waals surface area contributed by atoms with Crippen LogP contribution >= 0.6 is 0 Å². The third-order valence-electron chi connectivity index (χ3n) is 3.69. The lowest BCUT2D eigenvalue weighted by molar-refractivity contribution is 0.270. The first-order valence-electron chi connectivity index (χ1n) is 6.18. The molecule has 1 aromatic rings. The Bertz CT molecular complexity index is 537. The van der Waals surface area contributed by atoms with Crippen LogP contribution in [0.15, 0.2) is 17.0 Å². The lowest BCUT2D eigenvalue weighted by Crippen LogP contribution is -2.43. The molecule has 0 atom stereocenters. The molecule has 4 nitrogen and oxygen atoms in total. The normalized spacial score (nSPS) is 23.7. The van der Waals surface area contributed by atoms with Crippen LogP contribution in [-0.4, -0.2) is 14.5 Å². The van der Waals surface area contributed by atoms with Gasteiger partial charge in [-0.05, 0) is 55.9 Å². The summed E-state index contributed by atoms with van der Waals surface area (Å²) in [7, 11) is -3.44. The van der Waals surface area contributed by atoms with Crippen LogP contribution in [0.25, 0.3) is 0 Å². The second-order valence-electron chi connectivity index (χ2n) is 5.35. The van der Waals surface area contributed by atoms with Gasteiger partial charge in [-0.15, -0.1) is 0 Å². The predicted octanol–water partition coefficient (Wildman–Crippen LogP) is 1.96. The molecule has 0 spiro atoms.